The average Bonchev–Trinajstić information content (AvgIpc) is 2.73. The van der Waals surface area contributed by atoms with Gasteiger partial charge in [-0.05, 0) is 31.4 Å². The van der Waals surface area contributed by atoms with Gasteiger partial charge in [0.1, 0.15) is 5.75 Å². The zero-order valence-electron chi connectivity index (χ0n) is 17.7. The van der Waals surface area contributed by atoms with Gasteiger partial charge in [0, 0.05) is 12.2 Å². The second-order valence-corrected chi connectivity index (χ2v) is 6.95. The number of aryl methyl sites for hydroxylation is 1. The molecule has 0 N–H and O–H groups in total. The molecule has 0 saturated heterocycles. The first kappa shape index (κ1) is 24.5. The number of hydrogen-bond donors (Lipinski definition) is 0. The summed E-state index contributed by atoms with van der Waals surface area (Å²) in [6.07, 6.45) is 9.66. The fourth-order valence-corrected chi connectivity index (χ4v) is 2.89. The number of carbonyl (C=O) groups excluding carboxylic acids is 2. The third-order valence-electron chi connectivity index (χ3n) is 4.52. The van der Waals surface area contributed by atoms with Crippen molar-refractivity contribution in [2.75, 3.05) is 0 Å². The fourth-order valence-electron chi connectivity index (χ4n) is 2.89. The predicted octanol–water partition coefficient (Wildman–Crippen LogP) is 5.53. The summed E-state index contributed by atoms with van der Waals surface area (Å²) in [6.45, 7) is 10.6. The van der Waals surface area contributed by atoms with Gasteiger partial charge in [-0.25, -0.2) is 9.59 Å². The van der Waals surface area contributed by atoms with Crippen LogP contribution in [-0.4, -0.2) is 24.3 Å². The van der Waals surface area contributed by atoms with Crippen LogP contribution < -0.4 is 4.74 Å². The lowest BCUT2D eigenvalue weighted by Crippen LogP contribution is -2.37. The molecule has 29 heavy (non-hydrogen) atoms. The third kappa shape index (κ3) is 9.97. The Kier molecular flexibility index (Phi) is 12.2. The van der Waals surface area contributed by atoms with E-state index in [2.05, 4.69) is 20.1 Å². The Morgan fingerprint density at radius 1 is 0.931 bits per heavy atom. The minimum absolute atomic E-state index is 0.613. The Morgan fingerprint density at radius 2 is 1.52 bits per heavy atom. The second kappa shape index (κ2) is 14.4. The van der Waals surface area contributed by atoms with Crippen molar-refractivity contribution >= 4 is 11.9 Å². The zero-order chi connectivity index (χ0) is 21.5. The van der Waals surface area contributed by atoms with Crippen LogP contribution in [0.5, 0.6) is 5.75 Å². The molecule has 0 aliphatic rings. The molecule has 160 valence electrons. The van der Waals surface area contributed by atoms with Gasteiger partial charge in [-0.15, -0.1) is 0 Å². The molecule has 0 aliphatic carbocycles. The Bertz CT molecular complexity index is 652. The molecule has 5 heteroatoms. The van der Waals surface area contributed by atoms with Crippen molar-refractivity contribution in [1.29, 1.82) is 0 Å². The van der Waals surface area contributed by atoms with Crippen molar-refractivity contribution < 1.29 is 23.8 Å². The molecular formula is C24H34O5. The largest absolute Gasteiger partial charge is 0.452 e. The fraction of sp³-hybridized carbons (Fsp3) is 0.500. The predicted molar refractivity (Wildman–Crippen MR) is 115 cm³/mol. The van der Waals surface area contributed by atoms with Crippen LogP contribution in [-0.2, 0) is 25.5 Å². The minimum atomic E-state index is -1.08. The van der Waals surface area contributed by atoms with Crippen LogP contribution in [0.2, 0.25) is 0 Å². The maximum atomic E-state index is 11.7. The molecule has 0 amide bonds. The van der Waals surface area contributed by atoms with Crippen LogP contribution in [0, 0.1) is 0 Å². The first-order chi connectivity index (χ1) is 14.0. The van der Waals surface area contributed by atoms with Gasteiger partial charge < -0.3 is 14.2 Å². The molecule has 2 unspecified atom stereocenters. The third-order valence-corrected chi connectivity index (χ3v) is 4.52. The highest BCUT2D eigenvalue weighted by Crippen LogP contribution is 2.24. The normalized spacial score (nSPS) is 12.5. The summed E-state index contributed by atoms with van der Waals surface area (Å²) in [7, 11) is 0. The lowest BCUT2D eigenvalue weighted by molar-refractivity contribution is -0.183. The van der Waals surface area contributed by atoms with Gasteiger partial charge in [0.05, 0.1) is 0 Å². The van der Waals surface area contributed by atoms with Gasteiger partial charge in [0.15, 0.2) is 6.10 Å². The SMILES string of the molecule is C=CC(=O)OC(C)C(OC(=O)C=C)Oc1ccccc1CCCCCCCCC. The molecule has 1 rings (SSSR count). The maximum Gasteiger partial charge on any atom is 0.333 e. The molecule has 0 aliphatic heterocycles. The first-order valence-corrected chi connectivity index (χ1v) is 10.4. The number of hydrogen-bond acceptors (Lipinski definition) is 5. The van der Waals surface area contributed by atoms with E-state index in [0.717, 1.165) is 30.6 Å². The van der Waals surface area contributed by atoms with Crippen molar-refractivity contribution in [2.45, 2.75) is 77.6 Å². The van der Waals surface area contributed by atoms with Gasteiger partial charge in [-0.1, -0.05) is 76.8 Å². The van der Waals surface area contributed by atoms with Crippen LogP contribution in [0.15, 0.2) is 49.6 Å². The van der Waals surface area contributed by atoms with E-state index >= 15 is 0 Å². The summed E-state index contributed by atoms with van der Waals surface area (Å²) in [6, 6.07) is 7.64. The number of para-hydroxylation sites is 1. The molecule has 0 heterocycles. The van der Waals surface area contributed by atoms with Crippen LogP contribution in [0.4, 0.5) is 0 Å². The summed E-state index contributed by atoms with van der Waals surface area (Å²) >= 11 is 0. The van der Waals surface area contributed by atoms with Gasteiger partial charge in [0.25, 0.3) is 6.29 Å². The second-order valence-electron chi connectivity index (χ2n) is 6.95. The monoisotopic (exact) mass is 402 g/mol. The topological polar surface area (TPSA) is 61.8 Å². The van der Waals surface area contributed by atoms with E-state index in [1.54, 1.807) is 6.92 Å². The molecule has 1 aromatic rings. The maximum absolute atomic E-state index is 11.7. The van der Waals surface area contributed by atoms with Gasteiger partial charge in [-0.2, -0.15) is 0 Å². The first-order valence-electron chi connectivity index (χ1n) is 10.4. The number of rotatable bonds is 15. The highest BCUT2D eigenvalue weighted by Gasteiger charge is 2.26. The Morgan fingerprint density at radius 3 is 2.17 bits per heavy atom. The van der Waals surface area contributed by atoms with Crippen LogP contribution >= 0.6 is 0 Å². The average molecular weight is 403 g/mol. The Balaban J connectivity index is 2.72. The number of ether oxygens (including phenoxy) is 3. The Labute approximate surface area is 174 Å². The Hall–Kier alpha value is -2.56. The summed E-state index contributed by atoms with van der Waals surface area (Å²) in [5.74, 6) is -0.653. The van der Waals surface area contributed by atoms with Crippen molar-refractivity contribution in [3.8, 4) is 5.75 Å². The summed E-state index contributed by atoms with van der Waals surface area (Å²) in [5.41, 5.74) is 1.03. The van der Waals surface area contributed by atoms with Gasteiger partial charge >= 0.3 is 11.9 Å². The standard InChI is InChI=1S/C24H34O5/c1-5-8-9-10-11-12-13-16-20-17-14-15-18-21(20)28-24(29-23(26)7-3)19(4)27-22(25)6-2/h6-7,14-15,17-19,24H,2-3,5,8-13,16H2,1,4H3. The smallest absolute Gasteiger partial charge is 0.333 e. The van der Waals surface area contributed by atoms with Crippen molar-refractivity contribution in [3.63, 3.8) is 0 Å². The van der Waals surface area contributed by atoms with E-state index in [-0.39, 0.29) is 0 Å². The van der Waals surface area contributed by atoms with E-state index in [0.29, 0.717) is 5.75 Å². The molecule has 0 saturated carbocycles. The number of benzene rings is 1. The lowest BCUT2D eigenvalue weighted by atomic mass is 10.0. The number of carbonyl (C=O) groups is 2. The van der Waals surface area contributed by atoms with Crippen LogP contribution in [0.1, 0.15) is 64.4 Å². The van der Waals surface area contributed by atoms with Gasteiger partial charge in [0.2, 0.25) is 0 Å². The lowest BCUT2D eigenvalue weighted by Gasteiger charge is -2.25. The van der Waals surface area contributed by atoms with Gasteiger partial charge in [-0.3, -0.25) is 0 Å². The molecule has 5 nitrogen and oxygen atoms in total. The quantitative estimate of drug-likeness (QED) is 0.167. The molecule has 0 fully saturated rings. The van der Waals surface area contributed by atoms with Crippen LogP contribution in [0.3, 0.4) is 0 Å². The number of esters is 2. The van der Waals surface area contributed by atoms with Crippen molar-refractivity contribution in [3.05, 3.63) is 55.1 Å². The molecule has 0 radical (unpaired) electrons. The minimum Gasteiger partial charge on any atom is -0.452 e. The molecule has 0 bridgehead atoms. The molecular weight excluding hydrogens is 368 g/mol. The van der Waals surface area contributed by atoms with E-state index < -0.39 is 24.3 Å². The van der Waals surface area contributed by atoms with E-state index in [1.807, 2.05) is 24.3 Å². The molecule has 0 aromatic heterocycles. The highest BCUT2D eigenvalue weighted by atomic mass is 16.7. The van der Waals surface area contributed by atoms with Crippen molar-refractivity contribution in [2.24, 2.45) is 0 Å². The van der Waals surface area contributed by atoms with Crippen molar-refractivity contribution in [1.82, 2.24) is 0 Å². The van der Waals surface area contributed by atoms with E-state index in [9.17, 15) is 9.59 Å². The summed E-state index contributed by atoms with van der Waals surface area (Å²) < 4.78 is 16.4. The molecule has 0 spiro atoms. The molecule has 2 atom stereocenters. The summed E-state index contributed by atoms with van der Waals surface area (Å²) in [4.78, 5) is 23.2. The van der Waals surface area contributed by atoms with Crippen LogP contribution in [0.25, 0.3) is 0 Å². The highest BCUT2D eigenvalue weighted by molar-refractivity contribution is 5.82. The van der Waals surface area contributed by atoms with E-state index in [1.165, 1.54) is 38.5 Å². The molecule has 1 aromatic carbocycles. The van der Waals surface area contributed by atoms with E-state index in [4.69, 9.17) is 14.2 Å². The zero-order valence-corrected chi connectivity index (χ0v) is 17.7. The summed E-state index contributed by atoms with van der Waals surface area (Å²) in [5, 5.41) is 0. The number of unbranched alkanes of at least 4 members (excludes halogenated alkanes) is 6.